The normalized spacial score (nSPS) is 24.3. The van der Waals surface area contributed by atoms with E-state index in [0.29, 0.717) is 12.0 Å². The number of methoxy groups -OCH3 is 4. The molecule has 0 spiro atoms. The standard InChI is InChI=1S/C26H29NO5/c1-28-20-8-14-15-9-21(29-2)23(31-4)11-17(15)25-18(16(14)10-22(20)30-3)12-27-7-5-6-19(27)26(25)24-13-32-24/h8-11,19,24,26H,5-7,12-13H2,1-4H3. The Morgan fingerprint density at radius 3 is 1.88 bits per heavy atom. The van der Waals surface area contributed by atoms with E-state index in [1.807, 2.05) is 0 Å². The van der Waals surface area contributed by atoms with Crippen molar-refractivity contribution in [1.29, 1.82) is 0 Å². The van der Waals surface area contributed by atoms with Gasteiger partial charge < -0.3 is 23.7 Å². The van der Waals surface area contributed by atoms with Crippen LogP contribution in [0.25, 0.3) is 21.5 Å². The van der Waals surface area contributed by atoms with Gasteiger partial charge in [0.1, 0.15) is 0 Å². The Bertz CT molecular complexity index is 1220. The minimum absolute atomic E-state index is 0.286. The van der Waals surface area contributed by atoms with Gasteiger partial charge in [-0.3, -0.25) is 4.90 Å². The first-order chi connectivity index (χ1) is 15.7. The molecule has 168 valence electrons. The van der Waals surface area contributed by atoms with Crippen LogP contribution in [0.5, 0.6) is 23.0 Å². The quantitative estimate of drug-likeness (QED) is 0.435. The summed E-state index contributed by atoms with van der Waals surface area (Å²) in [4.78, 5) is 2.65. The molecule has 32 heavy (non-hydrogen) atoms. The molecule has 3 aliphatic heterocycles. The van der Waals surface area contributed by atoms with E-state index in [-0.39, 0.29) is 6.10 Å². The molecule has 0 aliphatic carbocycles. The molecule has 2 saturated heterocycles. The van der Waals surface area contributed by atoms with Gasteiger partial charge in [0.15, 0.2) is 23.0 Å². The lowest BCUT2D eigenvalue weighted by Gasteiger charge is -2.39. The van der Waals surface area contributed by atoms with E-state index in [2.05, 4.69) is 29.2 Å². The van der Waals surface area contributed by atoms with E-state index in [1.165, 1.54) is 34.7 Å². The molecule has 6 nitrogen and oxygen atoms in total. The molecule has 3 atom stereocenters. The number of hydrogen-bond donors (Lipinski definition) is 0. The van der Waals surface area contributed by atoms with Gasteiger partial charge in [-0.15, -0.1) is 0 Å². The number of epoxide rings is 1. The second-order valence-corrected chi connectivity index (χ2v) is 8.98. The van der Waals surface area contributed by atoms with Crippen molar-refractivity contribution in [1.82, 2.24) is 4.90 Å². The molecule has 0 radical (unpaired) electrons. The molecule has 6 rings (SSSR count). The molecule has 6 heteroatoms. The Kier molecular flexibility index (Phi) is 4.63. The number of rotatable bonds is 5. The second kappa shape index (κ2) is 7.42. The fraction of sp³-hybridized carbons (Fsp3) is 0.462. The van der Waals surface area contributed by atoms with Crippen molar-refractivity contribution in [2.75, 3.05) is 41.6 Å². The van der Waals surface area contributed by atoms with Crippen molar-refractivity contribution in [3.05, 3.63) is 35.4 Å². The zero-order valence-electron chi connectivity index (χ0n) is 19.1. The van der Waals surface area contributed by atoms with Crippen LogP contribution in [0.1, 0.15) is 29.9 Å². The first-order valence-electron chi connectivity index (χ1n) is 11.3. The third kappa shape index (κ3) is 2.79. The van der Waals surface area contributed by atoms with Crippen LogP contribution < -0.4 is 18.9 Å². The summed E-state index contributed by atoms with van der Waals surface area (Å²) in [6, 6.07) is 9.03. The molecular formula is C26H29NO5. The molecule has 0 aromatic heterocycles. The lowest BCUT2D eigenvalue weighted by Crippen LogP contribution is -2.41. The van der Waals surface area contributed by atoms with Crippen LogP contribution in [0.4, 0.5) is 0 Å². The number of ether oxygens (including phenoxy) is 5. The van der Waals surface area contributed by atoms with Gasteiger partial charge in [0.05, 0.1) is 41.2 Å². The first-order valence-corrected chi connectivity index (χ1v) is 11.3. The van der Waals surface area contributed by atoms with Gasteiger partial charge in [-0.2, -0.15) is 0 Å². The van der Waals surface area contributed by atoms with Crippen molar-refractivity contribution in [2.45, 2.75) is 37.5 Å². The molecule has 3 unspecified atom stereocenters. The van der Waals surface area contributed by atoms with Gasteiger partial charge in [-0.05, 0) is 76.3 Å². The van der Waals surface area contributed by atoms with Crippen molar-refractivity contribution >= 4 is 21.5 Å². The molecule has 0 saturated carbocycles. The van der Waals surface area contributed by atoms with Crippen molar-refractivity contribution < 1.29 is 23.7 Å². The summed E-state index contributed by atoms with van der Waals surface area (Å²) in [7, 11) is 6.77. The smallest absolute Gasteiger partial charge is 0.161 e. The van der Waals surface area contributed by atoms with Gasteiger partial charge in [0, 0.05) is 18.5 Å². The zero-order valence-corrected chi connectivity index (χ0v) is 19.1. The van der Waals surface area contributed by atoms with Crippen molar-refractivity contribution in [3.63, 3.8) is 0 Å². The van der Waals surface area contributed by atoms with Gasteiger partial charge >= 0.3 is 0 Å². The van der Waals surface area contributed by atoms with Gasteiger partial charge in [-0.25, -0.2) is 0 Å². The molecule has 0 amide bonds. The fourth-order valence-corrected chi connectivity index (χ4v) is 6.08. The number of nitrogens with zero attached hydrogens (tertiary/aromatic N) is 1. The van der Waals surface area contributed by atoms with Crippen LogP contribution in [0.15, 0.2) is 24.3 Å². The molecule has 3 aromatic carbocycles. The maximum atomic E-state index is 5.93. The van der Waals surface area contributed by atoms with Crippen LogP contribution in [-0.4, -0.2) is 58.6 Å². The topological polar surface area (TPSA) is 52.7 Å². The predicted octanol–water partition coefficient (Wildman–Crippen LogP) is 4.49. The van der Waals surface area contributed by atoms with Crippen LogP contribution in [0, 0.1) is 0 Å². The average Bonchev–Trinajstić information content (AvgIpc) is 3.57. The summed E-state index contributed by atoms with van der Waals surface area (Å²) in [5, 5.41) is 4.73. The minimum Gasteiger partial charge on any atom is -0.493 e. The van der Waals surface area contributed by atoms with Gasteiger partial charge in [0.25, 0.3) is 0 Å². The van der Waals surface area contributed by atoms with E-state index in [0.717, 1.165) is 53.5 Å². The highest BCUT2D eigenvalue weighted by Crippen LogP contribution is 2.52. The fourth-order valence-electron chi connectivity index (χ4n) is 6.08. The maximum absolute atomic E-state index is 5.93. The number of fused-ring (bicyclic) bond motifs is 7. The maximum Gasteiger partial charge on any atom is 0.161 e. The lowest BCUT2D eigenvalue weighted by atomic mass is 9.76. The molecule has 2 fully saturated rings. The Morgan fingerprint density at radius 2 is 1.31 bits per heavy atom. The minimum atomic E-state index is 0.286. The summed E-state index contributed by atoms with van der Waals surface area (Å²) in [5.74, 6) is 3.33. The Balaban J connectivity index is 1.76. The highest BCUT2D eigenvalue weighted by molar-refractivity contribution is 6.13. The van der Waals surface area contributed by atoms with Crippen LogP contribution in [-0.2, 0) is 11.3 Å². The van der Waals surface area contributed by atoms with Crippen LogP contribution in [0.2, 0.25) is 0 Å². The molecule has 0 N–H and O–H groups in total. The van der Waals surface area contributed by atoms with E-state index in [4.69, 9.17) is 23.7 Å². The van der Waals surface area contributed by atoms with Gasteiger partial charge in [0.2, 0.25) is 0 Å². The largest absolute Gasteiger partial charge is 0.493 e. The van der Waals surface area contributed by atoms with E-state index < -0.39 is 0 Å². The summed E-state index contributed by atoms with van der Waals surface area (Å²) in [6.45, 7) is 2.93. The third-order valence-corrected chi connectivity index (χ3v) is 7.56. The molecule has 3 heterocycles. The predicted molar refractivity (Wildman–Crippen MR) is 124 cm³/mol. The van der Waals surface area contributed by atoms with Gasteiger partial charge in [-0.1, -0.05) is 0 Å². The molecule has 3 aliphatic rings. The van der Waals surface area contributed by atoms with E-state index >= 15 is 0 Å². The monoisotopic (exact) mass is 435 g/mol. The van der Waals surface area contributed by atoms with Crippen LogP contribution in [0.3, 0.4) is 0 Å². The highest BCUT2D eigenvalue weighted by Gasteiger charge is 2.47. The van der Waals surface area contributed by atoms with Crippen LogP contribution >= 0.6 is 0 Å². The van der Waals surface area contributed by atoms with Crippen molar-refractivity contribution in [2.24, 2.45) is 0 Å². The average molecular weight is 436 g/mol. The SMILES string of the molecule is COc1cc2c3c(c4cc(OC)c(OC)cc4c2cc1OC)C(C1CO1)C1CCCN1C3. The van der Waals surface area contributed by atoms with E-state index in [9.17, 15) is 0 Å². The number of hydrogen-bond acceptors (Lipinski definition) is 6. The summed E-state index contributed by atoms with van der Waals surface area (Å²) in [5.41, 5.74) is 2.78. The van der Waals surface area contributed by atoms with E-state index in [1.54, 1.807) is 28.4 Å². The Labute approximate surface area is 187 Å². The number of benzene rings is 3. The Hall–Kier alpha value is -2.70. The summed E-state index contributed by atoms with van der Waals surface area (Å²) < 4.78 is 28.7. The first kappa shape index (κ1) is 19.9. The Morgan fingerprint density at radius 1 is 0.781 bits per heavy atom. The summed E-state index contributed by atoms with van der Waals surface area (Å²) in [6.07, 6.45) is 2.75. The molecule has 3 aromatic rings. The zero-order chi connectivity index (χ0) is 22.0. The van der Waals surface area contributed by atoms with Crippen molar-refractivity contribution in [3.8, 4) is 23.0 Å². The highest BCUT2D eigenvalue weighted by atomic mass is 16.6. The second-order valence-electron chi connectivity index (χ2n) is 8.98. The third-order valence-electron chi connectivity index (χ3n) is 7.56. The lowest BCUT2D eigenvalue weighted by molar-refractivity contribution is 0.177. The summed E-state index contributed by atoms with van der Waals surface area (Å²) >= 11 is 0. The molecular weight excluding hydrogens is 406 g/mol. The molecule has 0 bridgehead atoms.